The molecule has 0 aliphatic rings. The van der Waals surface area contributed by atoms with Gasteiger partial charge in [-0.1, -0.05) is 6.07 Å². The maximum atomic E-state index is 11.3. The minimum atomic E-state index is -0.892. The van der Waals surface area contributed by atoms with Crippen LogP contribution in [-0.4, -0.2) is 15.6 Å². The number of carboxylic acid groups (broad SMARTS) is 1. The monoisotopic (exact) mass is 247 g/mol. The third-order valence-electron chi connectivity index (χ3n) is 2.51. The van der Waals surface area contributed by atoms with Gasteiger partial charge in [-0.05, 0) is 36.6 Å². The molecule has 2 heterocycles. The maximum Gasteiger partial charge on any atom is 0.337 e. The van der Waals surface area contributed by atoms with Crippen molar-refractivity contribution in [3.05, 3.63) is 46.4 Å². The summed E-state index contributed by atoms with van der Waals surface area (Å²) in [5.74, 6) is -0.892. The Morgan fingerprint density at radius 1 is 1.47 bits per heavy atom. The second-order valence-corrected chi connectivity index (χ2v) is 4.51. The van der Waals surface area contributed by atoms with Gasteiger partial charge in [0.1, 0.15) is 0 Å². The van der Waals surface area contributed by atoms with Crippen molar-refractivity contribution in [2.24, 2.45) is 0 Å². The minimum absolute atomic E-state index is 0.341. The molecule has 0 saturated heterocycles. The standard InChI is InChI=1S/C13H13NO2S/c1-2-14-7-3-5-10(14)9-11(13(15)16)12-6-4-8-17-12/h3-9H,2H2,1H3,(H,15,16). The van der Waals surface area contributed by atoms with Crippen molar-refractivity contribution in [1.82, 2.24) is 4.57 Å². The zero-order valence-corrected chi connectivity index (χ0v) is 10.3. The van der Waals surface area contributed by atoms with Gasteiger partial charge in [0.15, 0.2) is 0 Å². The van der Waals surface area contributed by atoms with Crippen molar-refractivity contribution in [3.63, 3.8) is 0 Å². The molecule has 0 atom stereocenters. The Morgan fingerprint density at radius 2 is 2.29 bits per heavy atom. The van der Waals surface area contributed by atoms with Crippen LogP contribution in [0.2, 0.25) is 0 Å². The first-order chi connectivity index (χ1) is 8.22. The molecule has 0 radical (unpaired) electrons. The first-order valence-corrected chi connectivity index (χ1v) is 6.24. The first-order valence-electron chi connectivity index (χ1n) is 5.36. The maximum absolute atomic E-state index is 11.3. The van der Waals surface area contributed by atoms with Gasteiger partial charge in [0, 0.05) is 23.3 Å². The van der Waals surface area contributed by atoms with E-state index in [4.69, 9.17) is 0 Å². The normalized spacial score (nSPS) is 11.7. The molecule has 4 heteroatoms. The molecule has 0 fully saturated rings. The molecule has 0 amide bonds. The molecule has 0 spiro atoms. The van der Waals surface area contributed by atoms with Crippen LogP contribution in [0.15, 0.2) is 35.8 Å². The molecular formula is C13H13NO2S. The number of aliphatic carboxylic acids is 1. The van der Waals surface area contributed by atoms with E-state index in [-0.39, 0.29) is 0 Å². The molecule has 2 rings (SSSR count). The Labute approximate surface area is 104 Å². The van der Waals surface area contributed by atoms with Crippen molar-refractivity contribution in [1.29, 1.82) is 0 Å². The van der Waals surface area contributed by atoms with Crippen LogP contribution in [0.5, 0.6) is 0 Å². The van der Waals surface area contributed by atoms with Gasteiger partial charge in [-0.25, -0.2) is 4.79 Å². The van der Waals surface area contributed by atoms with Gasteiger partial charge in [-0.15, -0.1) is 11.3 Å². The van der Waals surface area contributed by atoms with Gasteiger partial charge in [-0.3, -0.25) is 0 Å². The molecule has 0 aromatic carbocycles. The smallest absolute Gasteiger partial charge is 0.337 e. The van der Waals surface area contributed by atoms with E-state index in [2.05, 4.69) is 0 Å². The van der Waals surface area contributed by atoms with Crippen LogP contribution >= 0.6 is 11.3 Å². The van der Waals surface area contributed by atoms with E-state index in [9.17, 15) is 9.90 Å². The van der Waals surface area contributed by atoms with Gasteiger partial charge in [0.25, 0.3) is 0 Å². The molecule has 88 valence electrons. The summed E-state index contributed by atoms with van der Waals surface area (Å²) >= 11 is 1.44. The number of hydrogen-bond donors (Lipinski definition) is 1. The summed E-state index contributed by atoms with van der Waals surface area (Å²) in [7, 11) is 0. The topological polar surface area (TPSA) is 42.2 Å². The molecule has 0 unspecified atom stereocenters. The largest absolute Gasteiger partial charge is 0.478 e. The summed E-state index contributed by atoms with van der Waals surface area (Å²) in [5, 5.41) is 11.1. The number of carboxylic acids is 1. The second kappa shape index (κ2) is 5.01. The van der Waals surface area contributed by atoms with E-state index in [1.54, 1.807) is 6.08 Å². The lowest BCUT2D eigenvalue weighted by Crippen LogP contribution is -2.00. The Hall–Kier alpha value is -1.81. The number of aromatic nitrogens is 1. The Kier molecular flexibility index (Phi) is 3.44. The van der Waals surface area contributed by atoms with Gasteiger partial charge < -0.3 is 9.67 Å². The molecule has 0 saturated carbocycles. The second-order valence-electron chi connectivity index (χ2n) is 3.56. The zero-order chi connectivity index (χ0) is 12.3. The van der Waals surface area contributed by atoms with Crippen LogP contribution in [0.3, 0.4) is 0 Å². The lowest BCUT2D eigenvalue weighted by molar-refractivity contribution is -0.130. The van der Waals surface area contributed by atoms with Gasteiger partial charge >= 0.3 is 5.97 Å². The third-order valence-corrected chi connectivity index (χ3v) is 3.42. The summed E-state index contributed by atoms with van der Waals surface area (Å²) in [6.45, 7) is 2.86. The average Bonchev–Trinajstić information content (AvgIpc) is 2.96. The summed E-state index contributed by atoms with van der Waals surface area (Å²) in [5.41, 5.74) is 1.26. The summed E-state index contributed by atoms with van der Waals surface area (Å²) in [6, 6.07) is 7.52. The van der Waals surface area contributed by atoms with Gasteiger partial charge in [-0.2, -0.15) is 0 Å². The SMILES string of the molecule is CCn1cccc1C=C(C(=O)O)c1cccs1. The lowest BCUT2D eigenvalue weighted by Gasteiger charge is -2.03. The fourth-order valence-corrected chi connectivity index (χ4v) is 2.40. The molecule has 0 aliphatic heterocycles. The molecule has 2 aromatic rings. The van der Waals surface area contributed by atoms with Crippen molar-refractivity contribution in [2.45, 2.75) is 13.5 Å². The number of rotatable bonds is 4. The number of thiophene rings is 1. The first kappa shape index (κ1) is 11.7. The number of aryl methyl sites for hydroxylation is 1. The Morgan fingerprint density at radius 3 is 2.88 bits per heavy atom. The molecule has 3 nitrogen and oxygen atoms in total. The minimum Gasteiger partial charge on any atom is -0.478 e. The highest BCUT2D eigenvalue weighted by Crippen LogP contribution is 2.23. The van der Waals surface area contributed by atoms with Crippen LogP contribution in [-0.2, 0) is 11.3 Å². The third kappa shape index (κ3) is 2.47. The van der Waals surface area contributed by atoms with E-state index in [0.717, 1.165) is 17.1 Å². The molecular weight excluding hydrogens is 234 g/mol. The summed E-state index contributed by atoms with van der Waals surface area (Å²) in [4.78, 5) is 12.0. The highest BCUT2D eigenvalue weighted by Gasteiger charge is 2.12. The van der Waals surface area contributed by atoms with E-state index < -0.39 is 5.97 Å². The molecule has 0 aliphatic carbocycles. The fraction of sp³-hybridized carbons (Fsp3) is 0.154. The lowest BCUT2D eigenvalue weighted by atomic mass is 10.2. The predicted octanol–water partition coefficient (Wildman–Crippen LogP) is 3.19. The highest BCUT2D eigenvalue weighted by atomic mass is 32.1. The Bertz CT molecular complexity index is 538. The van der Waals surface area contributed by atoms with E-state index in [1.807, 2.05) is 47.3 Å². The average molecular weight is 247 g/mol. The van der Waals surface area contributed by atoms with Crippen molar-refractivity contribution < 1.29 is 9.90 Å². The highest BCUT2D eigenvalue weighted by molar-refractivity contribution is 7.11. The molecule has 0 bridgehead atoms. The van der Waals surface area contributed by atoms with Gasteiger partial charge in [0.05, 0.1) is 5.57 Å². The van der Waals surface area contributed by atoms with Crippen LogP contribution in [0.1, 0.15) is 17.5 Å². The quantitative estimate of drug-likeness (QED) is 0.843. The van der Waals surface area contributed by atoms with Crippen LogP contribution in [0.25, 0.3) is 11.6 Å². The van der Waals surface area contributed by atoms with Crippen molar-refractivity contribution >= 4 is 29.0 Å². The summed E-state index contributed by atoms with van der Waals surface area (Å²) < 4.78 is 2.01. The molecule has 1 N–H and O–H groups in total. The zero-order valence-electron chi connectivity index (χ0n) is 9.46. The van der Waals surface area contributed by atoms with E-state index in [1.165, 1.54) is 11.3 Å². The molecule has 17 heavy (non-hydrogen) atoms. The van der Waals surface area contributed by atoms with Crippen molar-refractivity contribution in [3.8, 4) is 0 Å². The fourth-order valence-electron chi connectivity index (χ4n) is 1.66. The van der Waals surface area contributed by atoms with Gasteiger partial charge in [0.2, 0.25) is 0 Å². The molecule has 2 aromatic heterocycles. The van der Waals surface area contributed by atoms with E-state index >= 15 is 0 Å². The Balaban J connectivity index is 2.44. The number of carbonyl (C=O) groups is 1. The van der Waals surface area contributed by atoms with Crippen molar-refractivity contribution in [2.75, 3.05) is 0 Å². The van der Waals surface area contributed by atoms with Crippen LogP contribution in [0, 0.1) is 0 Å². The summed E-state index contributed by atoms with van der Waals surface area (Å²) in [6.07, 6.45) is 3.66. The van der Waals surface area contributed by atoms with Crippen LogP contribution in [0.4, 0.5) is 0 Å². The predicted molar refractivity (Wildman–Crippen MR) is 69.9 cm³/mol. The van der Waals surface area contributed by atoms with Crippen LogP contribution < -0.4 is 0 Å². The number of nitrogens with zero attached hydrogens (tertiary/aromatic N) is 1. The number of hydrogen-bond acceptors (Lipinski definition) is 2. The van der Waals surface area contributed by atoms with E-state index in [0.29, 0.717) is 5.57 Å².